The summed E-state index contributed by atoms with van der Waals surface area (Å²) in [6, 6.07) is 13.1. The highest BCUT2D eigenvalue weighted by atomic mass is 35.5. The lowest BCUT2D eigenvalue weighted by molar-refractivity contribution is 0.185. The van der Waals surface area contributed by atoms with E-state index in [0.717, 1.165) is 22.2 Å². The SMILES string of the molecule is NCC1CN(C(=O)NCc2ccc(Cl)cc2)Cc2[nH]c3ccc(Cl)cc3c21. The number of aromatic nitrogens is 1. The Kier molecular flexibility index (Phi) is 5.00. The van der Waals surface area contributed by atoms with Crippen molar-refractivity contribution in [1.29, 1.82) is 0 Å². The summed E-state index contributed by atoms with van der Waals surface area (Å²) in [4.78, 5) is 17.9. The van der Waals surface area contributed by atoms with E-state index in [1.165, 1.54) is 5.56 Å². The van der Waals surface area contributed by atoms with Crippen molar-refractivity contribution in [2.24, 2.45) is 5.73 Å². The minimum atomic E-state index is -0.106. The number of rotatable bonds is 3. The Balaban J connectivity index is 1.53. The number of nitrogens with two attached hydrogens (primary N) is 1. The monoisotopic (exact) mass is 402 g/mol. The number of fused-ring (bicyclic) bond motifs is 3. The molecule has 0 aliphatic carbocycles. The van der Waals surface area contributed by atoms with Gasteiger partial charge in [0.2, 0.25) is 0 Å². The van der Waals surface area contributed by atoms with E-state index in [2.05, 4.69) is 10.3 Å². The van der Waals surface area contributed by atoms with Gasteiger partial charge in [-0.25, -0.2) is 4.79 Å². The number of urea groups is 1. The van der Waals surface area contributed by atoms with Crippen LogP contribution in [0.3, 0.4) is 0 Å². The number of aromatic amines is 1. The number of nitrogens with zero attached hydrogens (tertiary/aromatic N) is 1. The van der Waals surface area contributed by atoms with Crippen molar-refractivity contribution in [2.45, 2.75) is 19.0 Å². The Morgan fingerprint density at radius 1 is 1.19 bits per heavy atom. The number of carbonyl (C=O) groups excluding carboxylic acids is 1. The van der Waals surface area contributed by atoms with Crippen molar-refractivity contribution in [3.8, 4) is 0 Å². The highest BCUT2D eigenvalue weighted by molar-refractivity contribution is 6.31. The fourth-order valence-electron chi connectivity index (χ4n) is 3.68. The normalized spacial score (nSPS) is 16.4. The highest BCUT2D eigenvalue weighted by Gasteiger charge is 2.30. The summed E-state index contributed by atoms with van der Waals surface area (Å²) >= 11 is 12.1. The molecule has 0 bridgehead atoms. The van der Waals surface area contributed by atoms with Crippen LogP contribution in [0.25, 0.3) is 10.9 Å². The third kappa shape index (κ3) is 3.63. The second-order valence-corrected chi connectivity index (χ2v) is 7.68. The standard InChI is InChI=1S/C20H20Cl2N4O/c21-14-3-1-12(2-4-14)9-24-20(27)26-10-13(8-23)19-16-7-15(22)5-6-17(16)25-18(19)11-26/h1-7,13,25H,8-11,23H2,(H,24,27). The molecule has 2 aromatic carbocycles. The fourth-order valence-corrected chi connectivity index (χ4v) is 3.98. The summed E-state index contributed by atoms with van der Waals surface area (Å²) in [6.07, 6.45) is 0. The topological polar surface area (TPSA) is 74.2 Å². The molecule has 1 unspecified atom stereocenters. The maximum Gasteiger partial charge on any atom is 0.318 e. The number of nitrogens with one attached hydrogen (secondary N) is 2. The van der Waals surface area contributed by atoms with Gasteiger partial charge in [-0.2, -0.15) is 0 Å². The molecule has 1 aromatic heterocycles. The third-order valence-electron chi connectivity index (χ3n) is 5.01. The van der Waals surface area contributed by atoms with Gasteiger partial charge in [0, 0.05) is 52.2 Å². The highest BCUT2D eigenvalue weighted by Crippen LogP contribution is 2.35. The second-order valence-electron chi connectivity index (χ2n) is 6.81. The van der Waals surface area contributed by atoms with E-state index in [1.807, 2.05) is 42.5 Å². The zero-order valence-corrected chi connectivity index (χ0v) is 16.1. The van der Waals surface area contributed by atoms with Crippen LogP contribution in [0.5, 0.6) is 0 Å². The first kappa shape index (κ1) is 18.2. The third-order valence-corrected chi connectivity index (χ3v) is 5.50. The molecule has 140 valence electrons. The number of halogens is 2. The van der Waals surface area contributed by atoms with E-state index in [4.69, 9.17) is 28.9 Å². The molecule has 27 heavy (non-hydrogen) atoms. The van der Waals surface area contributed by atoms with Gasteiger partial charge < -0.3 is 20.9 Å². The maximum absolute atomic E-state index is 12.7. The predicted molar refractivity (Wildman–Crippen MR) is 109 cm³/mol. The van der Waals surface area contributed by atoms with Crippen LogP contribution in [-0.4, -0.2) is 29.0 Å². The second kappa shape index (κ2) is 7.43. The molecule has 3 aromatic rings. The van der Waals surface area contributed by atoms with Crippen molar-refractivity contribution in [2.75, 3.05) is 13.1 Å². The van der Waals surface area contributed by atoms with Gasteiger partial charge in [-0.15, -0.1) is 0 Å². The minimum absolute atomic E-state index is 0.0715. The number of hydrogen-bond donors (Lipinski definition) is 3. The van der Waals surface area contributed by atoms with E-state index in [-0.39, 0.29) is 11.9 Å². The van der Waals surface area contributed by atoms with E-state index in [0.29, 0.717) is 36.2 Å². The van der Waals surface area contributed by atoms with Crippen LogP contribution in [0.2, 0.25) is 10.0 Å². The van der Waals surface area contributed by atoms with Gasteiger partial charge in [-0.05, 0) is 41.5 Å². The van der Waals surface area contributed by atoms with Gasteiger partial charge in [-0.1, -0.05) is 35.3 Å². The minimum Gasteiger partial charge on any atom is -0.357 e. The van der Waals surface area contributed by atoms with Gasteiger partial charge in [0.25, 0.3) is 0 Å². The number of benzene rings is 2. The largest absolute Gasteiger partial charge is 0.357 e. The lowest BCUT2D eigenvalue weighted by atomic mass is 9.92. The van der Waals surface area contributed by atoms with Gasteiger partial charge in [0.05, 0.1) is 6.54 Å². The number of carbonyl (C=O) groups is 1. The molecule has 4 rings (SSSR count). The van der Waals surface area contributed by atoms with Crippen LogP contribution in [0, 0.1) is 0 Å². The summed E-state index contributed by atoms with van der Waals surface area (Å²) in [6.45, 7) is 2.02. The Morgan fingerprint density at radius 3 is 2.67 bits per heavy atom. The van der Waals surface area contributed by atoms with Crippen molar-refractivity contribution in [3.05, 3.63) is 69.3 Å². The molecule has 2 heterocycles. The fraction of sp³-hybridized carbons (Fsp3) is 0.250. The quantitative estimate of drug-likeness (QED) is 0.612. The van der Waals surface area contributed by atoms with Gasteiger partial charge in [0.15, 0.2) is 0 Å². The van der Waals surface area contributed by atoms with Crippen molar-refractivity contribution in [1.82, 2.24) is 15.2 Å². The van der Waals surface area contributed by atoms with Crippen molar-refractivity contribution < 1.29 is 4.79 Å². The smallest absolute Gasteiger partial charge is 0.318 e. The zero-order chi connectivity index (χ0) is 19.0. The first-order chi connectivity index (χ1) is 13.0. The average molecular weight is 403 g/mol. The maximum atomic E-state index is 12.7. The summed E-state index contributed by atoms with van der Waals surface area (Å²) in [7, 11) is 0. The lowest BCUT2D eigenvalue weighted by Gasteiger charge is -2.32. The summed E-state index contributed by atoms with van der Waals surface area (Å²) < 4.78 is 0. The van der Waals surface area contributed by atoms with Gasteiger partial charge in [0.1, 0.15) is 0 Å². The van der Waals surface area contributed by atoms with Crippen LogP contribution >= 0.6 is 23.2 Å². The molecule has 0 saturated carbocycles. The first-order valence-electron chi connectivity index (χ1n) is 8.82. The molecular formula is C20H20Cl2N4O. The van der Waals surface area contributed by atoms with Crippen LogP contribution in [0.15, 0.2) is 42.5 Å². The molecular weight excluding hydrogens is 383 g/mol. The predicted octanol–water partition coefficient (Wildman–Crippen LogP) is 4.24. The van der Waals surface area contributed by atoms with Crippen molar-refractivity contribution >= 4 is 40.1 Å². The molecule has 1 aliphatic rings. The molecule has 1 aliphatic heterocycles. The Morgan fingerprint density at radius 2 is 1.93 bits per heavy atom. The number of H-pyrrole nitrogens is 1. The Labute approximate surface area is 167 Å². The van der Waals surface area contributed by atoms with Gasteiger partial charge in [-0.3, -0.25) is 0 Å². The molecule has 1 atom stereocenters. The van der Waals surface area contributed by atoms with Crippen molar-refractivity contribution in [3.63, 3.8) is 0 Å². The summed E-state index contributed by atoms with van der Waals surface area (Å²) in [5.41, 5.74) is 10.3. The molecule has 0 saturated heterocycles. The molecule has 0 fully saturated rings. The molecule has 4 N–H and O–H groups in total. The molecule has 5 nitrogen and oxygen atoms in total. The molecule has 0 radical (unpaired) electrons. The van der Waals surface area contributed by atoms with E-state index < -0.39 is 0 Å². The first-order valence-corrected chi connectivity index (χ1v) is 9.58. The molecule has 2 amide bonds. The van der Waals surface area contributed by atoms with E-state index in [9.17, 15) is 4.79 Å². The van der Waals surface area contributed by atoms with E-state index in [1.54, 1.807) is 4.90 Å². The number of hydrogen-bond acceptors (Lipinski definition) is 2. The molecule has 7 heteroatoms. The average Bonchev–Trinajstić information content (AvgIpc) is 3.04. The zero-order valence-electron chi connectivity index (χ0n) is 14.6. The van der Waals surface area contributed by atoms with Crippen LogP contribution in [-0.2, 0) is 13.1 Å². The number of amides is 2. The van der Waals surface area contributed by atoms with Crippen LogP contribution in [0.1, 0.15) is 22.7 Å². The Bertz CT molecular complexity index is 984. The van der Waals surface area contributed by atoms with Gasteiger partial charge >= 0.3 is 6.03 Å². The molecule has 0 spiro atoms. The lowest BCUT2D eigenvalue weighted by Crippen LogP contribution is -2.45. The summed E-state index contributed by atoms with van der Waals surface area (Å²) in [5.74, 6) is 0.0715. The summed E-state index contributed by atoms with van der Waals surface area (Å²) in [5, 5.41) is 5.44. The van der Waals surface area contributed by atoms with Crippen LogP contribution < -0.4 is 11.1 Å². The Hall–Kier alpha value is -2.21. The van der Waals surface area contributed by atoms with E-state index >= 15 is 0 Å². The van der Waals surface area contributed by atoms with Crippen LogP contribution in [0.4, 0.5) is 4.79 Å².